The van der Waals surface area contributed by atoms with Crippen LogP contribution in [0, 0.1) is 0 Å². The zero-order valence-corrected chi connectivity index (χ0v) is 9.20. The Labute approximate surface area is 96.1 Å². The van der Waals surface area contributed by atoms with Gasteiger partial charge in [0, 0.05) is 0 Å². The van der Waals surface area contributed by atoms with E-state index >= 15 is 0 Å². The molecule has 0 saturated heterocycles. The van der Waals surface area contributed by atoms with Crippen LogP contribution < -0.4 is 11.1 Å². The van der Waals surface area contributed by atoms with Crippen LogP contribution in [-0.2, 0) is 4.74 Å². The van der Waals surface area contributed by atoms with Crippen molar-refractivity contribution in [1.82, 2.24) is 4.98 Å². The molecule has 0 amide bonds. The molecule has 0 unspecified atom stereocenters. The van der Waals surface area contributed by atoms with Crippen molar-refractivity contribution in [2.24, 2.45) is 5.73 Å². The minimum absolute atomic E-state index is 0.0783. The Morgan fingerprint density at radius 3 is 3.00 bits per heavy atom. The number of aromatic nitrogens is 1. The molecule has 0 spiro atoms. The van der Waals surface area contributed by atoms with Crippen LogP contribution in [0.15, 0.2) is 10.7 Å². The summed E-state index contributed by atoms with van der Waals surface area (Å²) in [5.41, 5.74) is 4.77. The lowest BCUT2D eigenvalue weighted by Crippen LogP contribution is -2.35. The molecule has 1 rings (SSSR count). The number of nitrogens with zero attached hydrogens (tertiary/aromatic N) is 1. The summed E-state index contributed by atoms with van der Waals surface area (Å²) in [6.07, 6.45) is 1.03. The first-order valence-electron chi connectivity index (χ1n) is 4.93. The Hall–Kier alpha value is -1.70. The van der Waals surface area contributed by atoms with E-state index in [9.17, 15) is 13.6 Å². The molecule has 0 saturated carbocycles. The molecule has 8 heteroatoms. The number of oxazole rings is 1. The zero-order valence-electron chi connectivity index (χ0n) is 9.20. The summed E-state index contributed by atoms with van der Waals surface area (Å²) >= 11 is 0. The van der Waals surface area contributed by atoms with Crippen LogP contribution in [0.3, 0.4) is 0 Å². The van der Waals surface area contributed by atoms with Gasteiger partial charge in [-0.05, 0) is 6.92 Å². The van der Waals surface area contributed by atoms with Gasteiger partial charge in [0.25, 0.3) is 11.9 Å². The van der Waals surface area contributed by atoms with E-state index in [0.29, 0.717) is 0 Å². The average Bonchev–Trinajstić information content (AvgIpc) is 2.76. The fraction of sp³-hybridized carbons (Fsp3) is 0.556. The first kappa shape index (κ1) is 13.4. The van der Waals surface area contributed by atoms with Gasteiger partial charge < -0.3 is 20.2 Å². The Morgan fingerprint density at radius 1 is 1.71 bits per heavy atom. The quantitative estimate of drug-likeness (QED) is 0.726. The van der Waals surface area contributed by atoms with Crippen LogP contribution in [0.25, 0.3) is 0 Å². The smallest absolute Gasteiger partial charge is 0.360 e. The van der Waals surface area contributed by atoms with Crippen molar-refractivity contribution < 1.29 is 22.7 Å². The van der Waals surface area contributed by atoms with E-state index in [1.165, 1.54) is 0 Å². The molecule has 96 valence electrons. The highest BCUT2D eigenvalue weighted by molar-refractivity contribution is 5.87. The molecule has 0 fully saturated rings. The van der Waals surface area contributed by atoms with Gasteiger partial charge in [-0.1, -0.05) is 0 Å². The standard InChI is InChI=1S/C9H13F2N3O3/c1-2-16-7(15)6-3-17-8(14-6)13-5-9(10,11)4-12/h3H,2,4-5,12H2,1H3,(H,13,14). The molecule has 1 aromatic rings. The number of esters is 1. The number of nitrogens with one attached hydrogen (secondary N) is 1. The monoisotopic (exact) mass is 249 g/mol. The lowest BCUT2D eigenvalue weighted by Gasteiger charge is -2.12. The van der Waals surface area contributed by atoms with Gasteiger partial charge in [0.2, 0.25) is 0 Å². The number of hydrogen-bond acceptors (Lipinski definition) is 6. The van der Waals surface area contributed by atoms with Crippen molar-refractivity contribution >= 4 is 12.0 Å². The number of nitrogens with two attached hydrogens (primary N) is 1. The summed E-state index contributed by atoms with van der Waals surface area (Å²) in [5.74, 6) is -3.73. The van der Waals surface area contributed by atoms with Crippen molar-refractivity contribution in [3.63, 3.8) is 0 Å². The molecular formula is C9H13F2N3O3. The summed E-state index contributed by atoms with van der Waals surface area (Å²) in [6.45, 7) is 0.330. The van der Waals surface area contributed by atoms with Crippen LogP contribution in [0.5, 0.6) is 0 Å². The minimum Gasteiger partial charge on any atom is -0.461 e. The third-order valence-corrected chi connectivity index (χ3v) is 1.79. The summed E-state index contributed by atoms with van der Waals surface area (Å²) in [7, 11) is 0. The molecule has 0 aliphatic rings. The van der Waals surface area contributed by atoms with Gasteiger partial charge in [-0.25, -0.2) is 13.6 Å². The van der Waals surface area contributed by atoms with Crippen LogP contribution >= 0.6 is 0 Å². The van der Waals surface area contributed by atoms with Crippen molar-refractivity contribution in [3.05, 3.63) is 12.0 Å². The lowest BCUT2D eigenvalue weighted by molar-refractivity contribution is 0.0248. The topological polar surface area (TPSA) is 90.4 Å². The van der Waals surface area contributed by atoms with Crippen LogP contribution in [-0.4, -0.2) is 36.6 Å². The van der Waals surface area contributed by atoms with Gasteiger partial charge in [-0.3, -0.25) is 0 Å². The van der Waals surface area contributed by atoms with Crippen molar-refractivity contribution in [2.75, 3.05) is 25.0 Å². The average molecular weight is 249 g/mol. The number of anilines is 1. The Kier molecular flexibility index (Phi) is 4.38. The SMILES string of the molecule is CCOC(=O)c1coc(NCC(F)(F)CN)n1. The number of carbonyl (C=O) groups excluding carboxylic acids is 1. The minimum atomic E-state index is -3.06. The maximum atomic E-state index is 12.8. The molecule has 0 aromatic carbocycles. The van der Waals surface area contributed by atoms with E-state index in [4.69, 9.17) is 10.2 Å². The van der Waals surface area contributed by atoms with E-state index in [2.05, 4.69) is 15.0 Å². The fourth-order valence-electron chi connectivity index (χ4n) is 0.931. The summed E-state index contributed by atoms with van der Waals surface area (Å²) in [6, 6.07) is -0.179. The molecule has 6 nitrogen and oxygen atoms in total. The number of carbonyl (C=O) groups is 1. The van der Waals surface area contributed by atoms with E-state index in [0.717, 1.165) is 6.26 Å². The third kappa shape index (κ3) is 3.99. The second-order valence-electron chi connectivity index (χ2n) is 3.17. The fourth-order valence-corrected chi connectivity index (χ4v) is 0.931. The maximum absolute atomic E-state index is 12.8. The maximum Gasteiger partial charge on any atom is 0.360 e. The van der Waals surface area contributed by atoms with Gasteiger partial charge in [0.1, 0.15) is 6.26 Å². The molecule has 1 aromatic heterocycles. The number of alkyl halides is 2. The molecule has 0 atom stereocenters. The predicted octanol–water partition coefficient (Wildman–Crippen LogP) is 0.857. The number of hydrogen-bond donors (Lipinski definition) is 2. The normalized spacial score (nSPS) is 11.3. The summed E-state index contributed by atoms with van der Waals surface area (Å²) < 4.78 is 35.0. The highest BCUT2D eigenvalue weighted by Crippen LogP contribution is 2.14. The van der Waals surface area contributed by atoms with Gasteiger partial charge in [-0.2, -0.15) is 4.98 Å². The van der Waals surface area contributed by atoms with E-state index in [1.807, 2.05) is 0 Å². The second-order valence-corrected chi connectivity index (χ2v) is 3.17. The second kappa shape index (κ2) is 5.58. The molecule has 0 radical (unpaired) electrons. The summed E-state index contributed by atoms with van der Waals surface area (Å²) in [5, 5.41) is 2.24. The van der Waals surface area contributed by atoms with Gasteiger partial charge >= 0.3 is 5.97 Å². The number of halogens is 2. The lowest BCUT2D eigenvalue weighted by atomic mass is 10.3. The molecule has 0 aliphatic heterocycles. The van der Waals surface area contributed by atoms with Crippen molar-refractivity contribution in [2.45, 2.75) is 12.8 Å². The first-order chi connectivity index (χ1) is 7.98. The van der Waals surface area contributed by atoms with Crippen LogP contribution in [0.4, 0.5) is 14.8 Å². The summed E-state index contributed by atoms with van der Waals surface area (Å²) in [4.78, 5) is 14.8. The Morgan fingerprint density at radius 2 is 2.41 bits per heavy atom. The van der Waals surface area contributed by atoms with Crippen LogP contribution in [0.1, 0.15) is 17.4 Å². The number of ether oxygens (including phenoxy) is 1. The first-order valence-corrected chi connectivity index (χ1v) is 4.93. The zero-order chi connectivity index (χ0) is 12.9. The molecule has 3 N–H and O–H groups in total. The van der Waals surface area contributed by atoms with Gasteiger partial charge in [-0.15, -0.1) is 0 Å². The highest BCUT2D eigenvalue weighted by Gasteiger charge is 2.27. The number of rotatable bonds is 6. The van der Waals surface area contributed by atoms with Crippen molar-refractivity contribution in [1.29, 1.82) is 0 Å². The predicted molar refractivity (Wildman–Crippen MR) is 55.0 cm³/mol. The highest BCUT2D eigenvalue weighted by atomic mass is 19.3. The molecule has 1 heterocycles. The van der Waals surface area contributed by atoms with E-state index in [-0.39, 0.29) is 18.3 Å². The molecule has 17 heavy (non-hydrogen) atoms. The Balaban J connectivity index is 2.54. The van der Waals surface area contributed by atoms with E-state index < -0.39 is 25.0 Å². The third-order valence-electron chi connectivity index (χ3n) is 1.79. The van der Waals surface area contributed by atoms with Gasteiger partial charge in [0.05, 0.1) is 19.7 Å². The largest absolute Gasteiger partial charge is 0.461 e. The molecular weight excluding hydrogens is 236 g/mol. The van der Waals surface area contributed by atoms with E-state index in [1.54, 1.807) is 6.92 Å². The molecule has 0 bridgehead atoms. The van der Waals surface area contributed by atoms with Crippen LogP contribution in [0.2, 0.25) is 0 Å². The Bertz CT molecular complexity index is 381. The van der Waals surface area contributed by atoms with Crippen molar-refractivity contribution in [3.8, 4) is 0 Å². The molecule has 0 aliphatic carbocycles. The van der Waals surface area contributed by atoms with Gasteiger partial charge in [0.15, 0.2) is 5.69 Å².